The fourth-order valence-corrected chi connectivity index (χ4v) is 10.4. The van der Waals surface area contributed by atoms with Crippen LogP contribution in [-0.2, 0) is 60.7 Å². The molecule has 0 aliphatic rings. The second-order valence-electron chi connectivity index (χ2n) is 24.9. The van der Waals surface area contributed by atoms with Gasteiger partial charge >= 0.3 is 0 Å². The Hall–Kier alpha value is -6.56. The standard InChI is InChI=1S/C72H81O6.Zr/c1-16-25-64(77-62-36-34-48(40-52(62)38-46-26-19-17-20-27-46)54-30-23-32-56(65(54)73)50-42-58(69(2,3)4)67(75-14)59(43-50)70(5,6)7)78-63-37-35-49(41-53(63)39-47-28-21-18-22-29-47)55-31-24-33-57(66(55)74)51-44-60(71(8,9)10)68(76-15)61(45-51)72(11,12)13;/h17-24,26-37,40-45,73-74H,16,25,38-39H2,1-15H3;/q-1;. The zero-order chi connectivity index (χ0) is 56.3. The first-order valence-corrected chi connectivity index (χ1v) is 27.6. The Kier molecular flexibility index (Phi) is 18.6. The molecule has 0 fully saturated rings. The predicted molar refractivity (Wildman–Crippen MR) is 324 cm³/mol. The maximum Gasteiger partial charge on any atom is 0.131 e. The molecular formula is C72H81O6Zr-. The molecule has 410 valence electrons. The van der Waals surface area contributed by atoms with Crippen LogP contribution in [-0.4, -0.2) is 24.4 Å². The number of hydrogen-bond donors (Lipinski definition) is 2. The first-order chi connectivity index (χ1) is 36.9. The topological polar surface area (TPSA) is 77.4 Å². The Morgan fingerprint density at radius 3 is 1.00 bits per heavy atom. The number of phenolic OH excluding ortho intramolecular Hbond substituents is 2. The van der Waals surface area contributed by atoms with Crippen molar-refractivity contribution >= 4 is 0 Å². The Morgan fingerprint density at radius 2 is 0.709 bits per heavy atom. The molecule has 0 saturated carbocycles. The second-order valence-corrected chi connectivity index (χ2v) is 24.9. The van der Waals surface area contributed by atoms with E-state index >= 15 is 0 Å². The van der Waals surface area contributed by atoms with Gasteiger partial charge in [0.05, 0.1) is 25.7 Å². The molecule has 0 unspecified atom stereocenters. The fraction of sp³-hybridized carbons (Fsp3) is 0.319. The maximum absolute atomic E-state index is 12.3. The molecule has 2 N–H and O–H groups in total. The molecule has 0 heterocycles. The van der Waals surface area contributed by atoms with E-state index in [-0.39, 0.29) is 59.4 Å². The molecule has 0 aliphatic heterocycles. The molecule has 0 amide bonds. The summed E-state index contributed by atoms with van der Waals surface area (Å²) in [5.74, 6) is 3.55. The summed E-state index contributed by atoms with van der Waals surface area (Å²) >= 11 is 0. The number of hydrogen-bond acceptors (Lipinski definition) is 6. The van der Waals surface area contributed by atoms with Crippen LogP contribution < -0.4 is 18.9 Å². The second kappa shape index (κ2) is 24.4. The summed E-state index contributed by atoms with van der Waals surface area (Å²) in [5.41, 5.74) is 14.3. The van der Waals surface area contributed by atoms with E-state index in [2.05, 4.69) is 175 Å². The number of phenols is 2. The number of benzene rings is 8. The molecule has 0 aromatic heterocycles. The molecule has 0 spiro atoms. The van der Waals surface area contributed by atoms with Crippen LogP contribution in [0.3, 0.4) is 0 Å². The fourth-order valence-electron chi connectivity index (χ4n) is 10.4. The Balaban J connectivity index is 0.00000903. The van der Waals surface area contributed by atoms with Gasteiger partial charge in [-0.1, -0.05) is 206 Å². The zero-order valence-electron chi connectivity index (χ0n) is 49.4. The Morgan fingerprint density at radius 1 is 0.392 bits per heavy atom. The van der Waals surface area contributed by atoms with Crippen molar-refractivity contribution in [1.29, 1.82) is 0 Å². The summed E-state index contributed by atoms with van der Waals surface area (Å²) < 4.78 is 26.1. The molecule has 8 rings (SSSR count). The molecule has 8 aromatic carbocycles. The molecule has 0 saturated heterocycles. The van der Waals surface area contributed by atoms with Gasteiger partial charge in [-0.3, -0.25) is 0 Å². The third-order valence-electron chi connectivity index (χ3n) is 14.6. The molecular weight excluding hydrogens is 1050 g/mol. The molecule has 0 aliphatic carbocycles. The molecule has 7 heteroatoms. The minimum atomic E-state index is -0.203. The number of methoxy groups -OCH3 is 2. The summed E-state index contributed by atoms with van der Waals surface area (Å²) in [5, 5.41) is 24.7. The Labute approximate surface area is 491 Å². The number of aromatic hydroxyl groups is 2. The van der Waals surface area contributed by atoms with Gasteiger partial charge in [0.15, 0.2) is 0 Å². The van der Waals surface area contributed by atoms with E-state index in [9.17, 15) is 10.2 Å². The number of para-hydroxylation sites is 2. The molecule has 0 bridgehead atoms. The first-order valence-electron chi connectivity index (χ1n) is 27.6. The van der Waals surface area contributed by atoms with Gasteiger partial charge in [-0.25, -0.2) is 0 Å². The van der Waals surface area contributed by atoms with Crippen molar-refractivity contribution in [2.24, 2.45) is 0 Å². The minimum absolute atomic E-state index is 0. The monoisotopic (exact) mass is 1130 g/mol. The van der Waals surface area contributed by atoms with Gasteiger partial charge < -0.3 is 29.2 Å². The molecule has 0 atom stereocenters. The van der Waals surface area contributed by atoms with E-state index in [0.717, 1.165) is 107 Å². The van der Waals surface area contributed by atoms with Gasteiger partial charge in [-0.2, -0.15) is 0 Å². The smallest absolute Gasteiger partial charge is 0.131 e. The molecule has 6 nitrogen and oxygen atoms in total. The van der Waals surface area contributed by atoms with E-state index in [1.54, 1.807) is 14.2 Å². The largest absolute Gasteiger partial charge is 0.619 e. The summed E-state index contributed by atoms with van der Waals surface area (Å²) in [6.07, 6.45) is 2.99. The van der Waals surface area contributed by atoms with Crippen LogP contribution in [0.2, 0.25) is 0 Å². The van der Waals surface area contributed by atoms with E-state index in [1.165, 1.54) is 0 Å². The van der Waals surface area contributed by atoms with Crippen LogP contribution in [0.4, 0.5) is 0 Å². The molecule has 0 radical (unpaired) electrons. The van der Waals surface area contributed by atoms with E-state index in [4.69, 9.17) is 18.9 Å². The van der Waals surface area contributed by atoms with Crippen molar-refractivity contribution < 1.29 is 55.4 Å². The third-order valence-corrected chi connectivity index (χ3v) is 14.6. The Bertz CT molecular complexity index is 3090. The summed E-state index contributed by atoms with van der Waals surface area (Å²) in [4.78, 5) is 0. The average Bonchev–Trinajstić information content (AvgIpc) is 3.53. The van der Waals surface area contributed by atoms with Crippen molar-refractivity contribution in [3.63, 3.8) is 0 Å². The molecule has 79 heavy (non-hydrogen) atoms. The predicted octanol–water partition coefficient (Wildman–Crippen LogP) is 18.9. The van der Waals surface area contributed by atoms with Gasteiger partial charge in [0, 0.05) is 89.8 Å². The van der Waals surface area contributed by atoms with Crippen LogP contribution in [0.25, 0.3) is 44.5 Å². The normalized spacial score (nSPS) is 12.1. The van der Waals surface area contributed by atoms with Crippen LogP contribution >= 0.6 is 0 Å². The van der Waals surface area contributed by atoms with Gasteiger partial charge in [0.2, 0.25) is 0 Å². The summed E-state index contributed by atoms with van der Waals surface area (Å²) in [6.45, 7) is 28.5. The summed E-state index contributed by atoms with van der Waals surface area (Å²) in [6, 6.07) is 53.8. The van der Waals surface area contributed by atoms with Crippen molar-refractivity contribution in [2.75, 3.05) is 14.2 Å². The molecule has 8 aromatic rings. The van der Waals surface area contributed by atoms with Crippen molar-refractivity contribution in [1.82, 2.24) is 0 Å². The van der Waals surface area contributed by atoms with Crippen molar-refractivity contribution in [3.8, 4) is 79.0 Å². The van der Waals surface area contributed by atoms with Crippen molar-refractivity contribution in [2.45, 2.75) is 137 Å². The SMILES string of the molecule is CCC[C-](Oc1ccc(-c2cccc(-c3cc(C(C)(C)C)c(OC)c(C(C)(C)C)c3)c2O)cc1Cc1ccccc1)Oc1ccc(-c2cccc(-c3cc(C(C)(C)C)c(OC)c(C(C)(C)C)c3)c2O)cc1Cc1ccccc1.[Zr]. The zero-order valence-corrected chi connectivity index (χ0v) is 51.8. The van der Waals surface area contributed by atoms with Gasteiger partial charge in [-0.05, 0) is 115 Å². The van der Waals surface area contributed by atoms with Gasteiger partial charge in [-0.15, -0.1) is 6.42 Å². The van der Waals surface area contributed by atoms with Crippen molar-refractivity contribution in [3.05, 3.63) is 209 Å². The quantitative estimate of drug-likeness (QED) is 0.0939. The number of rotatable bonds is 16. The van der Waals surface area contributed by atoms with Crippen LogP contribution in [0.15, 0.2) is 158 Å². The van der Waals surface area contributed by atoms with Crippen LogP contribution in [0.1, 0.15) is 147 Å². The van der Waals surface area contributed by atoms with Gasteiger partial charge in [0.1, 0.15) is 23.0 Å². The van der Waals surface area contributed by atoms with Crippen LogP contribution in [0, 0.1) is 6.29 Å². The average molecular weight is 1130 g/mol. The first kappa shape index (κ1) is 60.1. The number of ether oxygens (including phenoxy) is 4. The van der Waals surface area contributed by atoms with E-state index in [0.29, 0.717) is 37.1 Å². The van der Waals surface area contributed by atoms with Crippen LogP contribution in [0.5, 0.6) is 34.5 Å². The maximum atomic E-state index is 12.3. The van der Waals surface area contributed by atoms with E-state index in [1.807, 2.05) is 72.8 Å². The van der Waals surface area contributed by atoms with E-state index < -0.39 is 0 Å². The summed E-state index contributed by atoms with van der Waals surface area (Å²) in [7, 11) is 3.49. The third kappa shape index (κ3) is 13.7. The van der Waals surface area contributed by atoms with Gasteiger partial charge in [0.25, 0.3) is 0 Å². The minimum Gasteiger partial charge on any atom is -0.619 e.